The molecule has 0 aliphatic carbocycles. The summed E-state index contributed by atoms with van der Waals surface area (Å²) in [4.78, 5) is 33.0. The van der Waals surface area contributed by atoms with Crippen LogP contribution in [-0.2, 0) is 0 Å². The number of hydrogen-bond acceptors (Lipinski definition) is 4. The number of rotatable bonds is 3. The fraction of sp³-hybridized carbons (Fsp3) is 0.389. The Labute approximate surface area is 172 Å². The van der Waals surface area contributed by atoms with Crippen molar-refractivity contribution < 1.29 is 9.59 Å². The van der Waals surface area contributed by atoms with Gasteiger partial charge in [0.25, 0.3) is 11.8 Å². The first-order chi connectivity index (χ1) is 13.0. The standard InChI is InChI=1S/C15H15BrClN5O2.C3H8/c16-12-8-19-13(21-12)14(23)20-9-1-2-10(11(17)7-9)15(24)22-5-3-18-4-6-22;1-3-2/h1-2,7-8,18H,3-6H2,(H,19,21)(H,20,23);3H2,1-2H3. The lowest BCUT2D eigenvalue weighted by Gasteiger charge is -2.27. The zero-order chi connectivity index (χ0) is 19.8. The van der Waals surface area contributed by atoms with Gasteiger partial charge in [-0.3, -0.25) is 9.59 Å². The summed E-state index contributed by atoms with van der Waals surface area (Å²) in [5.41, 5.74) is 0.923. The highest BCUT2D eigenvalue weighted by Crippen LogP contribution is 2.23. The molecule has 146 valence electrons. The van der Waals surface area contributed by atoms with Gasteiger partial charge in [-0.15, -0.1) is 0 Å². The molecule has 7 nitrogen and oxygen atoms in total. The first kappa shape index (κ1) is 21.4. The van der Waals surface area contributed by atoms with Crippen LogP contribution in [0.2, 0.25) is 5.02 Å². The molecule has 27 heavy (non-hydrogen) atoms. The van der Waals surface area contributed by atoms with Crippen molar-refractivity contribution in [1.29, 1.82) is 0 Å². The molecule has 1 aliphatic heterocycles. The Balaban J connectivity index is 0.000000817. The Bertz CT molecular complexity index is 790. The van der Waals surface area contributed by atoms with Gasteiger partial charge in [-0.05, 0) is 34.1 Å². The number of halogens is 2. The molecule has 0 bridgehead atoms. The van der Waals surface area contributed by atoms with Gasteiger partial charge in [-0.25, -0.2) is 4.98 Å². The van der Waals surface area contributed by atoms with Crippen LogP contribution in [0.3, 0.4) is 0 Å². The van der Waals surface area contributed by atoms with E-state index in [9.17, 15) is 9.59 Å². The molecule has 2 aromatic rings. The zero-order valence-corrected chi connectivity index (χ0v) is 17.7. The largest absolute Gasteiger partial charge is 0.336 e. The van der Waals surface area contributed by atoms with E-state index in [1.165, 1.54) is 12.6 Å². The zero-order valence-electron chi connectivity index (χ0n) is 15.3. The molecule has 1 aliphatic rings. The van der Waals surface area contributed by atoms with Gasteiger partial charge >= 0.3 is 0 Å². The van der Waals surface area contributed by atoms with Crippen molar-refractivity contribution in [2.75, 3.05) is 31.5 Å². The molecule has 3 rings (SSSR count). The highest BCUT2D eigenvalue weighted by molar-refractivity contribution is 9.10. The topological polar surface area (TPSA) is 90.1 Å². The molecule has 1 fully saturated rings. The Hall–Kier alpha value is -1.90. The summed E-state index contributed by atoms with van der Waals surface area (Å²) in [6.07, 6.45) is 2.75. The Morgan fingerprint density at radius 3 is 2.52 bits per heavy atom. The number of carbonyl (C=O) groups is 2. The number of aromatic nitrogens is 2. The SMILES string of the molecule is CCC.O=C(Nc1ccc(C(=O)N2CCNCC2)c(Cl)c1)c1ncc(Br)[nH]1. The number of anilines is 1. The molecule has 0 spiro atoms. The highest BCUT2D eigenvalue weighted by atomic mass is 79.9. The summed E-state index contributed by atoms with van der Waals surface area (Å²) in [6, 6.07) is 4.84. The van der Waals surface area contributed by atoms with Crippen LogP contribution < -0.4 is 10.6 Å². The molecule has 3 N–H and O–H groups in total. The van der Waals surface area contributed by atoms with E-state index in [0.717, 1.165) is 13.1 Å². The van der Waals surface area contributed by atoms with Crippen molar-refractivity contribution in [3.63, 3.8) is 0 Å². The van der Waals surface area contributed by atoms with Gasteiger partial charge in [-0.2, -0.15) is 0 Å². The number of aromatic amines is 1. The fourth-order valence-electron chi connectivity index (χ4n) is 2.41. The number of imidazole rings is 1. The summed E-state index contributed by atoms with van der Waals surface area (Å²) in [5, 5.41) is 6.18. The number of amides is 2. The van der Waals surface area contributed by atoms with Crippen molar-refractivity contribution >= 4 is 45.0 Å². The molecule has 1 aromatic carbocycles. The predicted octanol–water partition coefficient (Wildman–Crippen LogP) is 3.54. The average Bonchev–Trinajstić information content (AvgIpc) is 3.09. The maximum absolute atomic E-state index is 12.5. The van der Waals surface area contributed by atoms with Gasteiger partial charge in [0.1, 0.15) is 4.60 Å². The summed E-state index contributed by atoms with van der Waals surface area (Å²) in [6.45, 7) is 7.11. The van der Waals surface area contributed by atoms with E-state index in [1.54, 1.807) is 23.1 Å². The molecule has 0 radical (unpaired) electrons. The number of piperazine rings is 1. The minimum atomic E-state index is -0.391. The molecule has 2 amide bonds. The molecule has 2 heterocycles. The highest BCUT2D eigenvalue weighted by Gasteiger charge is 2.20. The number of H-pyrrole nitrogens is 1. The van der Waals surface area contributed by atoms with Gasteiger partial charge < -0.3 is 20.5 Å². The van der Waals surface area contributed by atoms with Gasteiger partial charge in [0, 0.05) is 31.9 Å². The molecule has 1 aromatic heterocycles. The molecular weight excluding hydrogens is 434 g/mol. The van der Waals surface area contributed by atoms with Crippen molar-refractivity contribution in [1.82, 2.24) is 20.2 Å². The van der Waals surface area contributed by atoms with E-state index < -0.39 is 5.91 Å². The van der Waals surface area contributed by atoms with Gasteiger partial charge in [0.2, 0.25) is 0 Å². The minimum absolute atomic E-state index is 0.102. The van der Waals surface area contributed by atoms with Crippen molar-refractivity contribution in [3.05, 3.63) is 45.4 Å². The van der Waals surface area contributed by atoms with E-state index >= 15 is 0 Å². The maximum Gasteiger partial charge on any atom is 0.291 e. The van der Waals surface area contributed by atoms with Crippen LogP contribution >= 0.6 is 27.5 Å². The summed E-state index contributed by atoms with van der Waals surface area (Å²) < 4.78 is 0.614. The van der Waals surface area contributed by atoms with Crippen LogP contribution in [0.25, 0.3) is 0 Å². The van der Waals surface area contributed by atoms with E-state index in [-0.39, 0.29) is 11.7 Å². The van der Waals surface area contributed by atoms with E-state index in [0.29, 0.717) is 34.0 Å². The Morgan fingerprint density at radius 2 is 1.96 bits per heavy atom. The van der Waals surface area contributed by atoms with Crippen LogP contribution in [-0.4, -0.2) is 52.9 Å². The summed E-state index contributed by atoms with van der Waals surface area (Å²) in [5.74, 6) is -0.314. The van der Waals surface area contributed by atoms with E-state index in [1.807, 2.05) is 0 Å². The second kappa shape index (κ2) is 10.4. The van der Waals surface area contributed by atoms with Crippen molar-refractivity contribution in [2.24, 2.45) is 0 Å². The average molecular weight is 457 g/mol. The minimum Gasteiger partial charge on any atom is -0.336 e. The van der Waals surface area contributed by atoms with Crippen LogP contribution in [0.4, 0.5) is 5.69 Å². The molecule has 0 atom stereocenters. The second-order valence-corrected chi connectivity index (χ2v) is 7.24. The quantitative estimate of drug-likeness (QED) is 0.659. The third-order valence-electron chi connectivity index (χ3n) is 3.62. The molecule has 0 saturated carbocycles. The third kappa shape index (κ3) is 6.05. The van der Waals surface area contributed by atoms with Gasteiger partial charge in [0.05, 0.1) is 16.8 Å². The lowest BCUT2D eigenvalue weighted by atomic mass is 10.1. The first-order valence-electron chi connectivity index (χ1n) is 8.77. The molecule has 0 unspecified atom stereocenters. The Kier molecular flexibility index (Phi) is 8.27. The van der Waals surface area contributed by atoms with Crippen LogP contribution in [0.1, 0.15) is 41.2 Å². The summed E-state index contributed by atoms with van der Waals surface area (Å²) in [7, 11) is 0. The maximum atomic E-state index is 12.5. The second-order valence-electron chi connectivity index (χ2n) is 5.98. The lowest BCUT2D eigenvalue weighted by molar-refractivity contribution is 0.0736. The number of nitrogens with one attached hydrogen (secondary N) is 3. The monoisotopic (exact) mass is 455 g/mol. The number of benzene rings is 1. The Morgan fingerprint density at radius 1 is 1.30 bits per heavy atom. The number of nitrogens with zero attached hydrogens (tertiary/aromatic N) is 2. The summed E-state index contributed by atoms with van der Waals surface area (Å²) >= 11 is 9.43. The first-order valence-corrected chi connectivity index (χ1v) is 9.94. The smallest absolute Gasteiger partial charge is 0.291 e. The predicted molar refractivity (Wildman–Crippen MR) is 110 cm³/mol. The van der Waals surface area contributed by atoms with E-state index in [2.05, 4.69) is 50.4 Å². The van der Waals surface area contributed by atoms with Gasteiger partial charge in [0.15, 0.2) is 5.82 Å². The molecule has 9 heteroatoms. The fourth-order valence-corrected chi connectivity index (χ4v) is 2.96. The number of carbonyl (C=O) groups excluding carboxylic acids is 2. The lowest BCUT2D eigenvalue weighted by Crippen LogP contribution is -2.46. The molecule has 1 saturated heterocycles. The third-order valence-corrected chi connectivity index (χ3v) is 4.34. The van der Waals surface area contributed by atoms with Crippen LogP contribution in [0, 0.1) is 0 Å². The van der Waals surface area contributed by atoms with Gasteiger partial charge in [-0.1, -0.05) is 31.9 Å². The van der Waals surface area contributed by atoms with E-state index in [4.69, 9.17) is 11.6 Å². The van der Waals surface area contributed by atoms with Crippen LogP contribution in [0.15, 0.2) is 29.0 Å². The van der Waals surface area contributed by atoms with Crippen LogP contribution in [0.5, 0.6) is 0 Å². The van der Waals surface area contributed by atoms with Crippen molar-refractivity contribution in [3.8, 4) is 0 Å². The number of hydrogen-bond donors (Lipinski definition) is 3. The normalized spacial score (nSPS) is 13.6. The molecular formula is C18H23BrClN5O2. The van der Waals surface area contributed by atoms with Crippen molar-refractivity contribution in [2.45, 2.75) is 20.3 Å².